The molecule has 0 heterocycles. The molecule has 0 aliphatic heterocycles. The first kappa shape index (κ1) is 16.8. The molecular weight excluding hydrogens is 282 g/mol. The van der Waals surface area contributed by atoms with E-state index in [2.05, 4.69) is 38.2 Å². The predicted molar refractivity (Wildman–Crippen MR) is 89.9 cm³/mol. The highest BCUT2D eigenvalue weighted by Crippen LogP contribution is 2.45. The number of nitrogens with one attached hydrogen (secondary N) is 1. The van der Waals surface area contributed by atoms with Gasteiger partial charge < -0.3 is 10.1 Å². The number of hydrogen-bond acceptors (Lipinski definition) is 2. The van der Waals surface area contributed by atoms with Crippen LogP contribution in [0.2, 0.25) is 5.02 Å². The maximum atomic E-state index is 6.48. The van der Waals surface area contributed by atoms with Crippen LogP contribution in [0.15, 0.2) is 24.3 Å². The summed E-state index contributed by atoms with van der Waals surface area (Å²) in [5, 5.41) is 4.48. The molecule has 0 spiro atoms. The normalized spacial score (nSPS) is 27.5. The molecule has 1 saturated carbocycles. The Labute approximate surface area is 134 Å². The van der Waals surface area contributed by atoms with E-state index in [1.165, 1.54) is 18.4 Å². The van der Waals surface area contributed by atoms with Gasteiger partial charge in [-0.2, -0.15) is 0 Å². The average molecular weight is 310 g/mol. The molecule has 0 saturated heterocycles. The van der Waals surface area contributed by atoms with Gasteiger partial charge in [0.25, 0.3) is 0 Å². The van der Waals surface area contributed by atoms with E-state index in [4.69, 9.17) is 16.3 Å². The Bertz CT molecular complexity index is 447. The number of ether oxygens (including phenoxy) is 1. The van der Waals surface area contributed by atoms with E-state index >= 15 is 0 Å². The van der Waals surface area contributed by atoms with Gasteiger partial charge in [0, 0.05) is 11.6 Å². The fourth-order valence-corrected chi connectivity index (χ4v) is 4.05. The van der Waals surface area contributed by atoms with Gasteiger partial charge in [-0.3, -0.25) is 0 Å². The standard InChI is InChI=1S/C18H28ClNO/c1-4-20-17(15-10-6-7-11-16(15)19)18(21-5-2)12-8-9-14(3)13-18/h6-7,10-11,14,17,20H,4-5,8-9,12-13H2,1-3H3. The SMILES string of the molecule is CCNC(c1ccccc1Cl)C1(OCC)CCCC(C)C1. The molecule has 1 aliphatic rings. The third kappa shape index (κ3) is 3.80. The molecule has 3 unspecified atom stereocenters. The molecule has 1 aliphatic carbocycles. The second-order valence-corrected chi connectivity index (χ2v) is 6.62. The summed E-state index contributed by atoms with van der Waals surface area (Å²) < 4.78 is 6.34. The summed E-state index contributed by atoms with van der Waals surface area (Å²) in [6, 6.07) is 8.34. The first-order valence-corrected chi connectivity index (χ1v) is 8.62. The molecule has 0 radical (unpaired) electrons. The second kappa shape index (κ2) is 7.62. The zero-order chi connectivity index (χ0) is 15.3. The molecule has 2 nitrogen and oxygen atoms in total. The first-order chi connectivity index (χ1) is 10.1. The number of benzene rings is 1. The van der Waals surface area contributed by atoms with E-state index in [0.717, 1.165) is 31.0 Å². The van der Waals surface area contributed by atoms with Crippen LogP contribution in [-0.4, -0.2) is 18.8 Å². The molecule has 0 aromatic heterocycles. The van der Waals surface area contributed by atoms with E-state index in [1.807, 2.05) is 12.1 Å². The molecule has 1 fully saturated rings. The minimum Gasteiger partial charge on any atom is -0.373 e. The van der Waals surface area contributed by atoms with Crippen molar-refractivity contribution in [2.75, 3.05) is 13.2 Å². The number of likely N-dealkylation sites (N-methyl/N-ethyl adjacent to an activating group) is 1. The van der Waals surface area contributed by atoms with E-state index < -0.39 is 0 Å². The number of rotatable bonds is 6. The fraction of sp³-hybridized carbons (Fsp3) is 0.667. The van der Waals surface area contributed by atoms with Gasteiger partial charge in [0.15, 0.2) is 0 Å². The van der Waals surface area contributed by atoms with Crippen molar-refractivity contribution in [3.05, 3.63) is 34.9 Å². The summed E-state index contributed by atoms with van der Waals surface area (Å²) in [4.78, 5) is 0. The lowest BCUT2D eigenvalue weighted by Gasteiger charge is -2.46. The molecule has 1 N–H and O–H groups in total. The van der Waals surface area contributed by atoms with Crippen LogP contribution in [0.25, 0.3) is 0 Å². The van der Waals surface area contributed by atoms with Gasteiger partial charge in [-0.05, 0) is 43.9 Å². The summed E-state index contributed by atoms with van der Waals surface area (Å²) in [6.07, 6.45) is 4.74. The van der Waals surface area contributed by atoms with Crippen molar-refractivity contribution in [1.29, 1.82) is 0 Å². The smallest absolute Gasteiger partial charge is 0.0879 e. The van der Waals surface area contributed by atoms with Gasteiger partial charge in [0.1, 0.15) is 0 Å². The number of hydrogen-bond donors (Lipinski definition) is 1. The fourth-order valence-electron chi connectivity index (χ4n) is 3.80. The minimum absolute atomic E-state index is 0.132. The third-order valence-corrected chi connectivity index (χ3v) is 4.92. The van der Waals surface area contributed by atoms with Crippen LogP contribution in [0.5, 0.6) is 0 Å². The number of halogens is 1. The van der Waals surface area contributed by atoms with Gasteiger partial charge >= 0.3 is 0 Å². The van der Waals surface area contributed by atoms with E-state index in [1.54, 1.807) is 0 Å². The average Bonchev–Trinajstić information content (AvgIpc) is 2.46. The first-order valence-electron chi connectivity index (χ1n) is 8.24. The molecule has 2 rings (SSSR count). The lowest BCUT2D eigenvalue weighted by Crippen LogP contribution is -2.49. The van der Waals surface area contributed by atoms with Crippen molar-refractivity contribution in [3.63, 3.8) is 0 Å². The Morgan fingerprint density at radius 1 is 1.38 bits per heavy atom. The Morgan fingerprint density at radius 3 is 2.76 bits per heavy atom. The molecular formula is C18H28ClNO. The summed E-state index contributed by atoms with van der Waals surface area (Å²) in [5.41, 5.74) is 1.04. The van der Waals surface area contributed by atoms with Gasteiger partial charge in [-0.25, -0.2) is 0 Å². The summed E-state index contributed by atoms with van der Waals surface area (Å²) in [7, 11) is 0. The monoisotopic (exact) mass is 309 g/mol. The van der Waals surface area contributed by atoms with E-state index in [9.17, 15) is 0 Å². The Balaban J connectivity index is 2.39. The largest absolute Gasteiger partial charge is 0.373 e. The highest BCUT2D eigenvalue weighted by atomic mass is 35.5. The molecule has 118 valence electrons. The van der Waals surface area contributed by atoms with Gasteiger partial charge in [0.05, 0.1) is 11.6 Å². The molecule has 3 heteroatoms. The Hall–Kier alpha value is -0.570. The molecule has 0 bridgehead atoms. The summed E-state index contributed by atoms with van der Waals surface area (Å²) >= 11 is 6.48. The minimum atomic E-state index is -0.132. The van der Waals surface area contributed by atoms with Gasteiger partial charge in [-0.15, -0.1) is 0 Å². The van der Waals surface area contributed by atoms with Crippen molar-refractivity contribution >= 4 is 11.6 Å². The molecule has 1 aromatic carbocycles. The van der Waals surface area contributed by atoms with Crippen molar-refractivity contribution in [2.45, 2.75) is 58.1 Å². The van der Waals surface area contributed by atoms with Crippen molar-refractivity contribution in [2.24, 2.45) is 5.92 Å². The van der Waals surface area contributed by atoms with Crippen LogP contribution in [0.1, 0.15) is 58.1 Å². The van der Waals surface area contributed by atoms with Crippen LogP contribution in [0.4, 0.5) is 0 Å². The molecule has 1 aromatic rings. The lowest BCUT2D eigenvalue weighted by atomic mass is 9.72. The quantitative estimate of drug-likeness (QED) is 0.800. The maximum Gasteiger partial charge on any atom is 0.0879 e. The van der Waals surface area contributed by atoms with Crippen LogP contribution in [0, 0.1) is 5.92 Å². The highest BCUT2D eigenvalue weighted by molar-refractivity contribution is 6.31. The molecule has 3 atom stereocenters. The Morgan fingerprint density at radius 2 is 2.14 bits per heavy atom. The zero-order valence-electron chi connectivity index (χ0n) is 13.5. The second-order valence-electron chi connectivity index (χ2n) is 6.21. The van der Waals surface area contributed by atoms with Crippen LogP contribution < -0.4 is 5.32 Å². The van der Waals surface area contributed by atoms with Crippen LogP contribution in [-0.2, 0) is 4.74 Å². The lowest BCUT2D eigenvalue weighted by molar-refractivity contribution is -0.101. The van der Waals surface area contributed by atoms with Crippen molar-refractivity contribution < 1.29 is 4.74 Å². The van der Waals surface area contributed by atoms with E-state index in [0.29, 0.717) is 5.92 Å². The van der Waals surface area contributed by atoms with E-state index in [-0.39, 0.29) is 11.6 Å². The maximum absolute atomic E-state index is 6.48. The van der Waals surface area contributed by atoms with Crippen LogP contribution >= 0.6 is 11.6 Å². The Kier molecular flexibility index (Phi) is 6.09. The predicted octanol–water partition coefficient (Wildman–Crippen LogP) is 4.98. The van der Waals surface area contributed by atoms with Gasteiger partial charge in [0.2, 0.25) is 0 Å². The summed E-state index contributed by atoms with van der Waals surface area (Å²) in [6.45, 7) is 8.24. The highest BCUT2D eigenvalue weighted by Gasteiger charge is 2.43. The zero-order valence-corrected chi connectivity index (χ0v) is 14.2. The van der Waals surface area contributed by atoms with Crippen LogP contribution in [0.3, 0.4) is 0 Å². The topological polar surface area (TPSA) is 21.3 Å². The third-order valence-electron chi connectivity index (χ3n) is 4.57. The molecule has 0 amide bonds. The van der Waals surface area contributed by atoms with Gasteiger partial charge in [-0.1, -0.05) is 56.5 Å². The van der Waals surface area contributed by atoms with Crippen molar-refractivity contribution in [3.8, 4) is 0 Å². The van der Waals surface area contributed by atoms with Crippen molar-refractivity contribution in [1.82, 2.24) is 5.32 Å². The molecule has 21 heavy (non-hydrogen) atoms. The summed E-state index contributed by atoms with van der Waals surface area (Å²) in [5.74, 6) is 0.703.